The van der Waals surface area contributed by atoms with E-state index in [1.54, 1.807) is 35.8 Å². The Kier molecular flexibility index (Phi) is 5.99. The molecule has 32 heavy (non-hydrogen) atoms. The molecule has 1 atom stereocenters. The van der Waals surface area contributed by atoms with Crippen LogP contribution in [0.2, 0.25) is 0 Å². The van der Waals surface area contributed by atoms with Crippen LogP contribution in [0.1, 0.15) is 55.4 Å². The lowest BCUT2D eigenvalue weighted by Gasteiger charge is -2.32. The molecule has 3 heterocycles. The van der Waals surface area contributed by atoms with E-state index in [4.69, 9.17) is 14.7 Å². The first kappa shape index (κ1) is 22.3. The van der Waals surface area contributed by atoms with Crippen LogP contribution in [0.4, 0.5) is 10.2 Å². The Morgan fingerprint density at radius 3 is 2.66 bits per heavy atom. The zero-order valence-electron chi connectivity index (χ0n) is 19.0. The van der Waals surface area contributed by atoms with Crippen molar-refractivity contribution in [2.45, 2.75) is 58.1 Å². The molecule has 0 bridgehead atoms. The van der Waals surface area contributed by atoms with Crippen LogP contribution in [0.3, 0.4) is 0 Å². The number of likely N-dealkylation sites (tertiary alicyclic amines) is 1. The number of methoxy groups -OCH3 is 1. The van der Waals surface area contributed by atoms with Crippen molar-refractivity contribution in [1.29, 1.82) is 0 Å². The van der Waals surface area contributed by atoms with Gasteiger partial charge in [0.15, 0.2) is 5.82 Å². The van der Waals surface area contributed by atoms with Crippen LogP contribution in [0.5, 0.6) is 0 Å². The summed E-state index contributed by atoms with van der Waals surface area (Å²) in [5, 5.41) is 0. The Labute approximate surface area is 187 Å². The van der Waals surface area contributed by atoms with Gasteiger partial charge in [0.05, 0.1) is 12.5 Å². The molecule has 0 spiro atoms. The van der Waals surface area contributed by atoms with E-state index in [2.05, 4.69) is 0 Å². The fourth-order valence-electron chi connectivity index (χ4n) is 4.38. The van der Waals surface area contributed by atoms with Gasteiger partial charge in [-0.25, -0.2) is 14.4 Å². The van der Waals surface area contributed by atoms with Crippen molar-refractivity contribution >= 4 is 17.6 Å². The molecule has 1 fully saturated rings. The van der Waals surface area contributed by atoms with Gasteiger partial charge in [-0.2, -0.15) is 0 Å². The summed E-state index contributed by atoms with van der Waals surface area (Å²) in [6.07, 6.45) is 2.50. The summed E-state index contributed by atoms with van der Waals surface area (Å²) in [7, 11) is 1.53. The zero-order chi connectivity index (χ0) is 23.0. The SMILES string of the molecule is COC(C)(C)C(=O)N1CCC[C@H]1c1nc(C)c2c(n1)N(CCc1ccc(F)cc1)C(=O)C2. The maximum absolute atomic E-state index is 13.2. The average Bonchev–Trinajstić information content (AvgIpc) is 3.37. The zero-order valence-corrected chi connectivity index (χ0v) is 19.0. The van der Waals surface area contributed by atoms with E-state index < -0.39 is 5.60 Å². The number of fused-ring (bicyclic) bond motifs is 1. The molecule has 1 aromatic heterocycles. The minimum Gasteiger partial charge on any atom is -0.369 e. The summed E-state index contributed by atoms with van der Waals surface area (Å²) in [6, 6.07) is 6.06. The lowest BCUT2D eigenvalue weighted by atomic mass is 10.1. The van der Waals surface area contributed by atoms with E-state index >= 15 is 0 Å². The summed E-state index contributed by atoms with van der Waals surface area (Å²) < 4.78 is 18.6. The molecule has 0 unspecified atom stereocenters. The van der Waals surface area contributed by atoms with Gasteiger partial charge in [0.2, 0.25) is 5.91 Å². The molecule has 0 saturated carbocycles. The molecule has 1 aromatic carbocycles. The van der Waals surface area contributed by atoms with Gasteiger partial charge in [0.25, 0.3) is 5.91 Å². The van der Waals surface area contributed by atoms with Crippen LogP contribution < -0.4 is 4.90 Å². The highest BCUT2D eigenvalue weighted by atomic mass is 19.1. The molecule has 0 aliphatic carbocycles. The molecule has 0 N–H and O–H groups in total. The second-order valence-electron chi connectivity index (χ2n) is 8.94. The number of benzene rings is 1. The molecule has 0 radical (unpaired) electrons. The van der Waals surface area contributed by atoms with Crippen LogP contribution in [-0.4, -0.2) is 52.5 Å². The van der Waals surface area contributed by atoms with Crippen molar-refractivity contribution in [2.75, 3.05) is 25.1 Å². The topological polar surface area (TPSA) is 75.6 Å². The minimum absolute atomic E-state index is 0.0171. The van der Waals surface area contributed by atoms with Crippen LogP contribution in [0, 0.1) is 12.7 Å². The average molecular weight is 441 g/mol. The standard InChI is InChI=1S/C24H29FN4O3/c1-15-18-14-20(30)29(13-11-16-7-9-17(25)10-8-16)22(18)27-21(26-15)19-6-5-12-28(19)23(31)24(2,3)32-4/h7-10,19H,5-6,11-14H2,1-4H3/t19-/m0/s1. The molecular formula is C24H29FN4O3. The number of aromatic nitrogens is 2. The number of aryl methyl sites for hydroxylation is 1. The maximum Gasteiger partial charge on any atom is 0.254 e. The van der Waals surface area contributed by atoms with Crippen molar-refractivity contribution in [3.8, 4) is 0 Å². The van der Waals surface area contributed by atoms with Crippen molar-refractivity contribution in [3.05, 3.63) is 52.7 Å². The van der Waals surface area contributed by atoms with Crippen molar-refractivity contribution in [1.82, 2.24) is 14.9 Å². The first-order valence-corrected chi connectivity index (χ1v) is 11.0. The van der Waals surface area contributed by atoms with E-state index in [1.807, 2.05) is 6.92 Å². The third-order valence-corrected chi connectivity index (χ3v) is 6.47. The Morgan fingerprint density at radius 1 is 1.25 bits per heavy atom. The Morgan fingerprint density at radius 2 is 1.97 bits per heavy atom. The lowest BCUT2D eigenvalue weighted by Crippen LogP contribution is -2.46. The fourth-order valence-corrected chi connectivity index (χ4v) is 4.38. The van der Waals surface area contributed by atoms with E-state index in [-0.39, 0.29) is 30.1 Å². The van der Waals surface area contributed by atoms with Gasteiger partial charge in [0, 0.05) is 31.5 Å². The highest BCUT2D eigenvalue weighted by Gasteiger charge is 2.41. The van der Waals surface area contributed by atoms with Gasteiger partial charge in [0.1, 0.15) is 17.2 Å². The molecule has 8 heteroatoms. The lowest BCUT2D eigenvalue weighted by molar-refractivity contribution is -0.152. The van der Waals surface area contributed by atoms with Crippen LogP contribution >= 0.6 is 0 Å². The fraction of sp³-hybridized carbons (Fsp3) is 0.500. The number of ether oxygens (including phenoxy) is 1. The quantitative estimate of drug-likeness (QED) is 0.690. The van der Waals surface area contributed by atoms with E-state index in [1.165, 1.54) is 19.2 Å². The van der Waals surface area contributed by atoms with E-state index in [0.29, 0.717) is 31.2 Å². The molecule has 2 aromatic rings. The number of rotatable bonds is 6. The second kappa shape index (κ2) is 8.58. The molecule has 170 valence electrons. The van der Waals surface area contributed by atoms with Gasteiger partial charge in [-0.1, -0.05) is 12.1 Å². The largest absolute Gasteiger partial charge is 0.369 e. The van der Waals surface area contributed by atoms with E-state index in [0.717, 1.165) is 29.7 Å². The van der Waals surface area contributed by atoms with Crippen LogP contribution in [-0.2, 0) is 27.2 Å². The number of anilines is 1. The smallest absolute Gasteiger partial charge is 0.254 e. The first-order chi connectivity index (χ1) is 15.2. The molecule has 2 amide bonds. The first-order valence-electron chi connectivity index (χ1n) is 11.0. The van der Waals surface area contributed by atoms with Crippen LogP contribution in [0.25, 0.3) is 0 Å². The number of amides is 2. The molecule has 2 aliphatic heterocycles. The number of halogens is 1. The summed E-state index contributed by atoms with van der Waals surface area (Å²) in [5.74, 6) is 0.812. The highest BCUT2D eigenvalue weighted by molar-refractivity contribution is 6.00. The monoisotopic (exact) mass is 440 g/mol. The van der Waals surface area contributed by atoms with Gasteiger partial charge >= 0.3 is 0 Å². The van der Waals surface area contributed by atoms with Gasteiger partial charge in [-0.05, 0) is 57.7 Å². The van der Waals surface area contributed by atoms with Crippen molar-refractivity contribution < 1.29 is 18.7 Å². The normalized spacial score (nSPS) is 18.4. The number of nitrogens with zero attached hydrogens (tertiary/aromatic N) is 4. The van der Waals surface area contributed by atoms with E-state index in [9.17, 15) is 14.0 Å². The Bertz CT molecular complexity index is 1040. The highest BCUT2D eigenvalue weighted by Crippen LogP contribution is 2.36. The molecular weight excluding hydrogens is 411 g/mol. The molecule has 2 aliphatic rings. The number of hydrogen-bond donors (Lipinski definition) is 0. The molecule has 1 saturated heterocycles. The number of hydrogen-bond acceptors (Lipinski definition) is 5. The number of carbonyl (C=O) groups is 2. The van der Waals surface area contributed by atoms with Gasteiger partial charge in [-0.3, -0.25) is 14.5 Å². The molecule has 4 rings (SSSR count). The minimum atomic E-state index is -0.925. The summed E-state index contributed by atoms with van der Waals surface area (Å²) >= 11 is 0. The van der Waals surface area contributed by atoms with Crippen LogP contribution in [0.15, 0.2) is 24.3 Å². The molecule has 7 nitrogen and oxygen atoms in total. The summed E-state index contributed by atoms with van der Waals surface area (Å²) in [4.78, 5) is 38.8. The second-order valence-corrected chi connectivity index (χ2v) is 8.94. The maximum atomic E-state index is 13.2. The summed E-state index contributed by atoms with van der Waals surface area (Å²) in [5.41, 5.74) is 1.64. The Balaban J connectivity index is 1.60. The van der Waals surface area contributed by atoms with Crippen molar-refractivity contribution in [3.63, 3.8) is 0 Å². The Hall–Kier alpha value is -2.87. The third-order valence-electron chi connectivity index (χ3n) is 6.47. The predicted octanol–water partition coefficient (Wildman–Crippen LogP) is 3.14. The third kappa shape index (κ3) is 4.11. The predicted molar refractivity (Wildman–Crippen MR) is 118 cm³/mol. The van der Waals surface area contributed by atoms with Crippen molar-refractivity contribution in [2.24, 2.45) is 0 Å². The summed E-state index contributed by atoms with van der Waals surface area (Å²) in [6.45, 7) is 6.49. The van der Waals surface area contributed by atoms with Gasteiger partial charge in [-0.15, -0.1) is 0 Å². The van der Waals surface area contributed by atoms with Gasteiger partial charge < -0.3 is 9.64 Å². The number of carbonyl (C=O) groups excluding carboxylic acids is 2.